The van der Waals surface area contributed by atoms with E-state index in [4.69, 9.17) is 37.4 Å². The molecular weight excluding hydrogens is 547 g/mol. The van der Waals surface area contributed by atoms with Gasteiger partial charge in [0.1, 0.15) is 25.2 Å². The molecule has 2 aromatic rings. The second kappa shape index (κ2) is 12.1. The molecule has 11 heteroatoms. The molecule has 1 saturated heterocycles. The van der Waals surface area contributed by atoms with Crippen LogP contribution in [-0.2, 0) is 36.9 Å². The first-order chi connectivity index (χ1) is 18.8. The molecule has 0 aromatic heterocycles. The number of hydrogen-bond donors (Lipinski definition) is 3. The summed E-state index contributed by atoms with van der Waals surface area (Å²) in [6.07, 6.45) is 2.05. The zero-order valence-corrected chi connectivity index (χ0v) is 22.6. The van der Waals surface area contributed by atoms with Gasteiger partial charge in [0.05, 0.1) is 0 Å². The second-order valence-corrected chi connectivity index (χ2v) is 11.1. The van der Waals surface area contributed by atoms with Gasteiger partial charge in [-0.2, -0.15) is 0 Å². The molecule has 1 aliphatic heterocycles. The van der Waals surface area contributed by atoms with Crippen LogP contribution in [-0.4, -0.2) is 54.0 Å². The number of rotatable bonds is 10. The topological polar surface area (TPSA) is 123 Å². The molecule has 0 radical (unpaired) electrons. The third kappa shape index (κ3) is 6.49. The van der Waals surface area contributed by atoms with Crippen molar-refractivity contribution in [3.8, 4) is 5.75 Å². The van der Waals surface area contributed by atoms with E-state index in [0.717, 1.165) is 19.3 Å². The molecule has 208 valence electrons. The van der Waals surface area contributed by atoms with E-state index in [9.17, 15) is 19.5 Å². The van der Waals surface area contributed by atoms with Crippen LogP contribution in [0.4, 0.5) is 0 Å². The zero-order valence-electron chi connectivity index (χ0n) is 21.1. The third-order valence-electron chi connectivity index (χ3n) is 7.78. The summed E-state index contributed by atoms with van der Waals surface area (Å²) in [4.78, 5) is 37.8. The molecule has 2 amide bonds. The maximum Gasteiger partial charge on any atom is 0.326 e. The van der Waals surface area contributed by atoms with Gasteiger partial charge >= 0.3 is 5.97 Å². The summed E-state index contributed by atoms with van der Waals surface area (Å²) >= 11 is 12.4. The molecule has 2 aromatic carbocycles. The van der Waals surface area contributed by atoms with E-state index in [1.807, 2.05) is 0 Å². The summed E-state index contributed by atoms with van der Waals surface area (Å²) < 4.78 is 16.6. The number of benzene rings is 2. The number of carbonyl (C=O) groups excluding carboxylic acids is 2. The average Bonchev–Trinajstić information content (AvgIpc) is 3.66. The maximum absolute atomic E-state index is 13.0. The summed E-state index contributed by atoms with van der Waals surface area (Å²) in [5.74, 6) is -0.644. The van der Waals surface area contributed by atoms with E-state index in [-0.39, 0.29) is 25.9 Å². The lowest BCUT2D eigenvalue weighted by atomic mass is 9.95. The van der Waals surface area contributed by atoms with Crippen LogP contribution in [0.3, 0.4) is 0 Å². The summed E-state index contributed by atoms with van der Waals surface area (Å²) in [5, 5.41) is 16.3. The van der Waals surface area contributed by atoms with Crippen molar-refractivity contribution in [2.24, 2.45) is 11.8 Å². The Balaban J connectivity index is 1.15. The van der Waals surface area contributed by atoms with Gasteiger partial charge in [0.25, 0.3) is 11.8 Å². The Morgan fingerprint density at radius 2 is 1.67 bits per heavy atom. The fourth-order valence-electron chi connectivity index (χ4n) is 5.71. The van der Waals surface area contributed by atoms with Gasteiger partial charge in [0.15, 0.2) is 12.2 Å². The molecule has 6 unspecified atom stereocenters. The Hall–Kier alpha value is -2.85. The van der Waals surface area contributed by atoms with Gasteiger partial charge in [-0.1, -0.05) is 47.8 Å². The van der Waals surface area contributed by atoms with Crippen LogP contribution in [0.5, 0.6) is 5.75 Å². The lowest BCUT2D eigenvalue weighted by Gasteiger charge is -2.25. The number of halogens is 2. The number of amides is 2. The Morgan fingerprint density at radius 1 is 0.974 bits per heavy atom. The number of nitrogens with one attached hydrogen (secondary N) is 2. The number of carboxylic acids is 1. The van der Waals surface area contributed by atoms with Crippen LogP contribution in [0.2, 0.25) is 10.0 Å². The zero-order chi connectivity index (χ0) is 27.5. The van der Waals surface area contributed by atoms with Crippen molar-refractivity contribution in [1.82, 2.24) is 10.6 Å². The molecule has 3 N–H and O–H groups in total. The van der Waals surface area contributed by atoms with E-state index in [2.05, 4.69) is 10.6 Å². The van der Waals surface area contributed by atoms with Crippen LogP contribution in [0.25, 0.3) is 0 Å². The van der Waals surface area contributed by atoms with E-state index in [1.54, 1.807) is 42.5 Å². The van der Waals surface area contributed by atoms with Gasteiger partial charge in [-0.25, -0.2) is 4.79 Å². The highest BCUT2D eigenvalue weighted by molar-refractivity contribution is 6.35. The minimum Gasteiger partial charge on any atom is -0.489 e. The number of ether oxygens (including phenoxy) is 3. The quantitative estimate of drug-likeness (QED) is 0.393. The van der Waals surface area contributed by atoms with Crippen molar-refractivity contribution in [1.29, 1.82) is 0 Å². The van der Waals surface area contributed by atoms with Gasteiger partial charge in [-0.15, -0.1) is 0 Å². The molecular formula is C28H30Cl2N2O7. The third-order valence-corrected chi connectivity index (χ3v) is 8.48. The lowest BCUT2D eigenvalue weighted by Crippen LogP contribution is -2.53. The molecule has 2 aliphatic carbocycles. The molecule has 6 atom stereocenters. The summed E-state index contributed by atoms with van der Waals surface area (Å²) in [6, 6.07) is 10.9. The largest absolute Gasteiger partial charge is 0.489 e. The molecule has 3 fully saturated rings. The second-order valence-electron chi connectivity index (χ2n) is 10.3. The molecule has 5 rings (SSSR count). The monoisotopic (exact) mass is 576 g/mol. The molecule has 39 heavy (non-hydrogen) atoms. The van der Waals surface area contributed by atoms with Crippen molar-refractivity contribution in [3.63, 3.8) is 0 Å². The predicted octanol–water partition coefficient (Wildman–Crippen LogP) is 3.73. The maximum atomic E-state index is 13.0. The summed E-state index contributed by atoms with van der Waals surface area (Å²) in [5.41, 5.74) is 1.33. The highest BCUT2D eigenvalue weighted by Crippen LogP contribution is 2.44. The van der Waals surface area contributed by atoms with E-state index in [1.165, 1.54) is 6.42 Å². The van der Waals surface area contributed by atoms with Gasteiger partial charge in [0.2, 0.25) is 0 Å². The van der Waals surface area contributed by atoms with Crippen molar-refractivity contribution < 1.29 is 33.7 Å². The number of hydrogen-bond acceptors (Lipinski definition) is 6. The molecule has 2 saturated carbocycles. The van der Waals surface area contributed by atoms with Crippen molar-refractivity contribution >= 4 is 41.0 Å². The lowest BCUT2D eigenvalue weighted by molar-refractivity contribution is -0.144. The Labute approximate surface area is 236 Å². The van der Waals surface area contributed by atoms with Gasteiger partial charge in [-0.05, 0) is 60.9 Å². The van der Waals surface area contributed by atoms with Crippen molar-refractivity contribution in [3.05, 3.63) is 63.6 Å². The summed E-state index contributed by atoms with van der Waals surface area (Å²) in [6.45, 7) is -0.0443. The molecule has 9 nitrogen and oxygen atoms in total. The molecule has 2 bridgehead atoms. The minimum atomic E-state index is -1.23. The van der Waals surface area contributed by atoms with Crippen molar-refractivity contribution in [2.45, 2.75) is 63.0 Å². The Kier molecular flexibility index (Phi) is 8.61. The van der Waals surface area contributed by atoms with Crippen molar-refractivity contribution in [2.75, 3.05) is 6.79 Å². The molecule has 1 heterocycles. The highest BCUT2D eigenvalue weighted by atomic mass is 35.5. The number of carbonyl (C=O) groups is 3. The molecule has 0 spiro atoms. The number of fused-ring (bicyclic) bond motifs is 2. The molecule has 3 aliphatic rings. The highest BCUT2D eigenvalue weighted by Gasteiger charge is 2.45. The van der Waals surface area contributed by atoms with Crippen LogP contribution < -0.4 is 15.4 Å². The van der Waals surface area contributed by atoms with E-state index < -0.39 is 36.0 Å². The first kappa shape index (κ1) is 27.7. The first-order valence-electron chi connectivity index (χ1n) is 13.0. The van der Waals surface area contributed by atoms with Crippen LogP contribution in [0, 0.1) is 11.8 Å². The van der Waals surface area contributed by atoms with Gasteiger partial charge in [-0.3, -0.25) is 9.59 Å². The van der Waals surface area contributed by atoms with E-state index >= 15 is 0 Å². The predicted molar refractivity (Wildman–Crippen MR) is 142 cm³/mol. The van der Waals surface area contributed by atoms with Crippen LogP contribution in [0.1, 0.15) is 36.8 Å². The Bertz CT molecular complexity index is 1200. The number of carboxylic acid groups (broad SMARTS) is 1. The standard InChI is InChI=1S/C28H30Cl2N2O7/c29-20-2-1-3-21(30)19(20)13-37-18-8-5-15(6-9-18)11-23(28(35)36)32-27(34)25-24(38-14-39-25)26(33)31-22-12-16-4-7-17(22)10-16/h1-3,5-6,8-9,16-17,22-25H,4,7,10-14H2,(H,31,33)(H,32,34)(H,35,36). The summed E-state index contributed by atoms with van der Waals surface area (Å²) in [7, 11) is 0. The average molecular weight is 577 g/mol. The van der Waals surface area contributed by atoms with Crippen LogP contribution >= 0.6 is 23.2 Å². The van der Waals surface area contributed by atoms with E-state index in [0.29, 0.717) is 38.8 Å². The minimum absolute atomic E-state index is 0.0211. The smallest absolute Gasteiger partial charge is 0.326 e. The number of aliphatic carboxylic acids is 1. The fraction of sp³-hybridized carbons (Fsp3) is 0.464. The van der Waals surface area contributed by atoms with Crippen LogP contribution in [0.15, 0.2) is 42.5 Å². The first-order valence-corrected chi connectivity index (χ1v) is 13.8. The fourth-order valence-corrected chi connectivity index (χ4v) is 6.22. The van der Waals surface area contributed by atoms with Gasteiger partial charge < -0.3 is 30.0 Å². The Morgan fingerprint density at radius 3 is 2.28 bits per heavy atom. The SMILES string of the molecule is O=C(O)C(Cc1ccc(OCc2c(Cl)cccc2Cl)cc1)NC(=O)C1OCOC1C(=O)NC1CC2CCC1C2. The van der Waals surface area contributed by atoms with Gasteiger partial charge in [0, 0.05) is 28.1 Å². The normalized spacial score (nSPS) is 26.3.